The fourth-order valence-corrected chi connectivity index (χ4v) is 6.13. The van der Waals surface area contributed by atoms with E-state index < -0.39 is 13.9 Å². The van der Waals surface area contributed by atoms with Crippen molar-refractivity contribution in [3.8, 4) is 0 Å². The number of rotatable bonds is 10. The van der Waals surface area contributed by atoms with E-state index in [9.17, 15) is 9.90 Å². The van der Waals surface area contributed by atoms with Gasteiger partial charge in [-0.15, -0.1) is 0 Å². The van der Waals surface area contributed by atoms with E-state index in [1.165, 1.54) is 11.1 Å². The molecule has 0 aliphatic carbocycles. The first kappa shape index (κ1) is 30.2. The molecule has 4 aromatic rings. The Hall–Kier alpha value is -2.76. The van der Waals surface area contributed by atoms with Gasteiger partial charge in [0.2, 0.25) is 0 Å². The third kappa shape index (κ3) is 7.49. The van der Waals surface area contributed by atoms with Crippen molar-refractivity contribution in [3.63, 3.8) is 0 Å². The van der Waals surface area contributed by atoms with Crippen molar-refractivity contribution in [1.29, 1.82) is 0 Å². The minimum atomic E-state index is -2.40. The second kappa shape index (κ2) is 12.0. The largest absolute Gasteiger partial charge is 0.432 e. The lowest BCUT2D eigenvalue weighted by Gasteiger charge is -2.38. The number of benzene rings is 3. The van der Waals surface area contributed by atoms with Gasteiger partial charge in [0.25, 0.3) is 0 Å². The Kier molecular flexibility index (Phi) is 9.06. The van der Waals surface area contributed by atoms with Gasteiger partial charge in [-0.2, -0.15) is 0 Å². The van der Waals surface area contributed by atoms with Gasteiger partial charge in [0.05, 0.1) is 16.8 Å². The maximum absolute atomic E-state index is 11.1. The summed E-state index contributed by atoms with van der Waals surface area (Å²) in [6, 6.07) is 26.8. The molecule has 3 aromatic carbocycles. The minimum absolute atomic E-state index is 0.157. The number of aryl methyl sites for hydroxylation is 1. The molecule has 0 aliphatic heterocycles. The maximum atomic E-state index is 11.1. The summed E-state index contributed by atoms with van der Waals surface area (Å²) in [5.41, 5.74) is 5.42. The molecule has 0 bridgehead atoms. The zero-order valence-corrected chi connectivity index (χ0v) is 26.3. The highest BCUT2D eigenvalue weighted by molar-refractivity contribution is 6.72. The lowest BCUT2D eigenvalue weighted by molar-refractivity contribution is 0.0775. The van der Waals surface area contributed by atoms with Crippen LogP contribution in [0.5, 0.6) is 0 Å². The fraction of sp³-hybridized carbons (Fsp3) is 0.343. The average molecular weight is 572 g/mol. The van der Waals surface area contributed by atoms with Crippen LogP contribution in [0.4, 0.5) is 0 Å². The number of fused-ring (bicyclic) bond motifs is 1. The van der Waals surface area contributed by atoms with E-state index in [0.29, 0.717) is 5.02 Å². The van der Waals surface area contributed by atoms with E-state index in [0.717, 1.165) is 47.0 Å². The number of hydrogen-bond acceptors (Lipinski definition) is 3. The molecule has 1 aromatic heterocycles. The SMILES string of the molecule is CC(C)(O)c1ccccc1CC[C@H](CC(C)(C)[Si](C)(C)O)c1cccc(/C=C/c2ccc3ccc(Cl)cc3n2)c1. The van der Waals surface area contributed by atoms with Crippen LogP contribution in [0.1, 0.15) is 74.4 Å². The zero-order valence-electron chi connectivity index (χ0n) is 24.6. The molecular weight excluding hydrogens is 530 g/mol. The van der Waals surface area contributed by atoms with Gasteiger partial charge in [0.15, 0.2) is 8.32 Å². The van der Waals surface area contributed by atoms with Crippen LogP contribution in [0.25, 0.3) is 23.1 Å². The topological polar surface area (TPSA) is 53.4 Å². The van der Waals surface area contributed by atoms with Crippen LogP contribution >= 0.6 is 11.6 Å². The van der Waals surface area contributed by atoms with Crippen LogP contribution < -0.4 is 0 Å². The molecule has 0 aliphatic rings. The summed E-state index contributed by atoms with van der Waals surface area (Å²) in [5.74, 6) is 0.262. The molecule has 210 valence electrons. The average Bonchev–Trinajstić information content (AvgIpc) is 2.88. The van der Waals surface area contributed by atoms with Gasteiger partial charge in [0, 0.05) is 10.4 Å². The van der Waals surface area contributed by atoms with Gasteiger partial charge >= 0.3 is 0 Å². The van der Waals surface area contributed by atoms with Crippen LogP contribution in [0.2, 0.25) is 23.2 Å². The van der Waals surface area contributed by atoms with E-state index in [-0.39, 0.29) is 11.0 Å². The lowest BCUT2D eigenvalue weighted by atomic mass is 9.83. The first-order valence-electron chi connectivity index (χ1n) is 14.1. The van der Waals surface area contributed by atoms with Crippen molar-refractivity contribution in [2.75, 3.05) is 0 Å². The van der Waals surface area contributed by atoms with Crippen molar-refractivity contribution in [3.05, 3.63) is 112 Å². The summed E-state index contributed by atoms with van der Waals surface area (Å²) in [7, 11) is -2.40. The lowest BCUT2D eigenvalue weighted by Crippen LogP contribution is -2.40. The van der Waals surface area contributed by atoms with Crippen LogP contribution in [0.15, 0.2) is 78.9 Å². The Morgan fingerprint density at radius 2 is 1.62 bits per heavy atom. The predicted octanol–water partition coefficient (Wildman–Crippen LogP) is 9.37. The van der Waals surface area contributed by atoms with Gasteiger partial charge < -0.3 is 9.90 Å². The van der Waals surface area contributed by atoms with Gasteiger partial charge in [0.1, 0.15) is 0 Å². The quantitative estimate of drug-likeness (QED) is 0.186. The number of hydrogen-bond donors (Lipinski definition) is 2. The monoisotopic (exact) mass is 571 g/mol. The maximum Gasteiger partial charge on any atom is 0.188 e. The highest BCUT2D eigenvalue weighted by Gasteiger charge is 2.39. The van der Waals surface area contributed by atoms with Gasteiger partial charge in [-0.3, -0.25) is 0 Å². The second-order valence-corrected chi connectivity index (χ2v) is 17.6. The summed E-state index contributed by atoms with van der Waals surface area (Å²) in [6.07, 6.45) is 6.84. The number of nitrogens with zero attached hydrogens (tertiary/aromatic N) is 1. The normalized spacial score (nSPS) is 13.7. The molecule has 2 N–H and O–H groups in total. The molecule has 0 fully saturated rings. The Labute approximate surface area is 245 Å². The third-order valence-electron chi connectivity index (χ3n) is 8.36. The highest BCUT2D eigenvalue weighted by Crippen LogP contribution is 2.46. The number of aromatic nitrogens is 1. The molecule has 0 amide bonds. The van der Waals surface area contributed by atoms with E-state index >= 15 is 0 Å². The van der Waals surface area contributed by atoms with Crippen molar-refractivity contribution in [2.45, 2.75) is 76.6 Å². The summed E-state index contributed by atoms with van der Waals surface area (Å²) in [4.78, 5) is 15.9. The molecule has 0 saturated carbocycles. The molecule has 1 heterocycles. The predicted molar refractivity (Wildman–Crippen MR) is 173 cm³/mol. The first-order valence-corrected chi connectivity index (χ1v) is 17.4. The van der Waals surface area contributed by atoms with Gasteiger partial charge in [-0.05, 0) is 104 Å². The molecule has 3 nitrogen and oxygen atoms in total. The summed E-state index contributed by atoms with van der Waals surface area (Å²) in [5, 5.41) is 12.4. The number of halogens is 1. The van der Waals surface area contributed by atoms with Crippen LogP contribution in [0.3, 0.4) is 0 Å². The van der Waals surface area contributed by atoms with Gasteiger partial charge in [-0.1, -0.05) is 92.2 Å². The number of aliphatic hydroxyl groups is 1. The summed E-state index contributed by atoms with van der Waals surface area (Å²) < 4.78 is 0. The fourth-order valence-electron chi connectivity index (χ4n) is 5.21. The molecule has 4 rings (SSSR count). The Bertz CT molecular complexity index is 1500. The van der Waals surface area contributed by atoms with Crippen molar-refractivity contribution >= 4 is 43.0 Å². The Morgan fingerprint density at radius 1 is 0.900 bits per heavy atom. The minimum Gasteiger partial charge on any atom is -0.432 e. The molecular formula is C35H42ClNO2Si. The number of pyridine rings is 1. The molecule has 1 atom stereocenters. The summed E-state index contributed by atoms with van der Waals surface area (Å²) >= 11 is 6.18. The standard InChI is InChI=1S/C35H42ClNO2Si/c1-34(2,40(5,6)39)24-29(16-15-26-11-7-8-13-32(26)35(3,4)38)28-12-9-10-25(22-28)14-20-31-21-18-27-17-19-30(36)23-33(27)37-31/h7-14,17-23,29,38-39H,15-16,24H2,1-6H3/b20-14+/t29-/m1/s1. The smallest absolute Gasteiger partial charge is 0.188 e. The van der Waals surface area contributed by atoms with E-state index in [2.05, 4.69) is 56.3 Å². The zero-order chi connectivity index (χ0) is 29.1. The molecule has 5 heteroatoms. The highest BCUT2D eigenvalue weighted by atomic mass is 35.5. The van der Waals surface area contributed by atoms with E-state index in [4.69, 9.17) is 16.6 Å². The van der Waals surface area contributed by atoms with Crippen molar-refractivity contribution in [2.24, 2.45) is 0 Å². The molecule has 40 heavy (non-hydrogen) atoms. The molecule has 0 unspecified atom stereocenters. The summed E-state index contributed by atoms with van der Waals surface area (Å²) in [6.45, 7) is 12.2. The van der Waals surface area contributed by atoms with E-state index in [1.807, 2.05) is 75.5 Å². The van der Waals surface area contributed by atoms with Crippen molar-refractivity contribution < 1.29 is 9.90 Å². The Balaban J connectivity index is 1.62. The van der Waals surface area contributed by atoms with Gasteiger partial charge in [-0.25, -0.2) is 4.98 Å². The van der Waals surface area contributed by atoms with Crippen LogP contribution in [0, 0.1) is 0 Å². The molecule has 0 saturated heterocycles. The molecule has 0 spiro atoms. The van der Waals surface area contributed by atoms with Crippen molar-refractivity contribution in [1.82, 2.24) is 4.98 Å². The Morgan fingerprint density at radius 3 is 2.35 bits per heavy atom. The van der Waals surface area contributed by atoms with E-state index in [1.54, 1.807) is 0 Å². The van der Waals surface area contributed by atoms with Crippen LogP contribution in [-0.4, -0.2) is 23.2 Å². The second-order valence-electron chi connectivity index (χ2n) is 12.7. The third-order valence-corrected chi connectivity index (χ3v) is 12.1. The van der Waals surface area contributed by atoms with Crippen LogP contribution in [-0.2, 0) is 12.0 Å². The first-order chi connectivity index (χ1) is 18.7. The molecule has 0 radical (unpaired) electrons.